The van der Waals surface area contributed by atoms with Crippen LogP contribution < -0.4 is 0 Å². The number of epoxide rings is 1. The van der Waals surface area contributed by atoms with E-state index in [4.69, 9.17) is 9.84 Å². The first-order valence-corrected chi connectivity index (χ1v) is 3.96. The maximum Gasteiger partial charge on any atom is 0.336 e. The van der Waals surface area contributed by atoms with Crippen LogP contribution in [0.25, 0.3) is 0 Å². The molecule has 1 aliphatic heterocycles. The van der Waals surface area contributed by atoms with E-state index in [1.165, 1.54) is 0 Å². The predicted octanol–water partition coefficient (Wildman–Crippen LogP) is 0.780. The Labute approximate surface area is 75.2 Å². The molecule has 1 aliphatic rings. The van der Waals surface area contributed by atoms with Gasteiger partial charge in [-0.2, -0.15) is 0 Å². The monoisotopic (exact) mass is 179 g/mol. The van der Waals surface area contributed by atoms with Gasteiger partial charge in [-0.25, -0.2) is 4.79 Å². The van der Waals surface area contributed by atoms with Gasteiger partial charge in [0.2, 0.25) is 0 Å². The van der Waals surface area contributed by atoms with Crippen LogP contribution in [0.2, 0.25) is 0 Å². The van der Waals surface area contributed by atoms with Crippen LogP contribution in [0, 0.1) is 0 Å². The average Bonchev–Trinajstić information content (AvgIpc) is 2.82. The van der Waals surface area contributed by atoms with Crippen molar-refractivity contribution in [3.63, 3.8) is 0 Å². The molecule has 4 nitrogen and oxygen atoms in total. The molecule has 2 atom stereocenters. The molecule has 0 amide bonds. The second kappa shape index (κ2) is 2.53. The molecule has 1 aromatic rings. The zero-order chi connectivity index (χ0) is 9.47. The number of aliphatic carboxylic acids is 1. The van der Waals surface area contributed by atoms with Crippen LogP contribution in [-0.4, -0.2) is 22.2 Å². The molecule has 4 heteroatoms. The van der Waals surface area contributed by atoms with Crippen molar-refractivity contribution < 1.29 is 14.6 Å². The van der Waals surface area contributed by atoms with Gasteiger partial charge in [0.15, 0.2) is 6.10 Å². The summed E-state index contributed by atoms with van der Waals surface area (Å²) < 4.78 is 5.11. The molecule has 1 N–H and O–H groups in total. The topological polar surface area (TPSA) is 62.7 Å². The number of hydrogen-bond donors (Lipinski definition) is 1. The van der Waals surface area contributed by atoms with Crippen LogP contribution in [0.4, 0.5) is 0 Å². The van der Waals surface area contributed by atoms with Crippen molar-refractivity contribution in [2.24, 2.45) is 0 Å². The van der Waals surface area contributed by atoms with E-state index in [0.29, 0.717) is 0 Å². The van der Waals surface area contributed by atoms with Gasteiger partial charge in [-0.15, -0.1) is 0 Å². The van der Waals surface area contributed by atoms with Gasteiger partial charge in [0.05, 0.1) is 0 Å². The van der Waals surface area contributed by atoms with Crippen LogP contribution in [0.5, 0.6) is 0 Å². The second-order valence-corrected chi connectivity index (χ2v) is 3.18. The van der Waals surface area contributed by atoms with Gasteiger partial charge in [0.1, 0.15) is 5.60 Å². The lowest BCUT2D eigenvalue weighted by molar-refractivity contribution is -0.138. The highest BCUT2D eigenvalue weighted by molar-refractivity contribution is 5.77. The van der Waals surface area contributed by atoms with Crippen molar-refractivity contribution in [1.29, 1.82) is 0 Å². The van der Waals surface area contributed by atoms with Crippen molar-refractivity contribution in [1.82, 2.24) is 4.98 Å². The van der Waals surface area contributed by atoms with Crippen LogP contribution in [0.15, 0.2) is 24.5 Å². The highest BCUT2D eigenvalue weighted by atomic mass is 16.6. The summed E-state index contributed by atoms with van der Waals surface area (Å²) >= 11 is 0. The first-order valence-electron chi connectivity index (χ1n) is 3.96. The number of carboxylic acid groups (broad SMARTS) is 1. The fraction of sp³-hybridized carbons (Fsp3) is 0.333. The van der Waals surface area contributed by atoms with Gasteiger partial charge < -0.3 is 9.84 Å². The number of hydrogen-bond acceptors (Lipinski definition) is 3. The van der Waals surface area contributed by atoms with Crippen LogP contribution >= 0.6 is 0 Å². The third-order valence-corrected chi connectivity index (χ3v) is 2.26. The van der Waals surface area contributed by atoms with E-state index in [-0.39, 0.29) is 0 Å². The van der Waals surface area contributed by atoms with Crippen molar-refractivity contribution in [2.45, 2.75) is 18.6 Å². The fourth-order valence-corrected chi connectivity index (χ4v) is 1.37. The van der Waals surface area contributed by atoms with E-state index in [9.17, 15) is 4.79 Å². The van der Waals surface area contributed by atoms with E-state index in [0.717, 1.165) is 5.56 Å². The normalized spacial score (nSPS) is 31.3. The minimum absolute atomic E-state index is 0.680. The average molecular weight is 179 g/mol. The Morgan fingerprint density at radius 1 is 1.77 bits per heavy atom. The molecule has 0 spiro atoms. The van der Waals surface area contributed by atoms with Crippen molar-refractivity contribution in [3.8, 4) is 0 Å². The Bertz CT molecular complexity index is 338. The minimum atomic E-state index is -0.925. The Hall–Kier alpha value is -1.42. The number of carboxylic acids is 1. The Morgan fingerprint density at radius 3 is 3.00 bits per heavy atom. The molecular formula is C9H9NO3. The number of rotatable bonds is 2. The van der Waals surface area contributed by atoms with Crippen LogP contribution in [0.1, 0.15) is 12.5 Å². The van der Waals surface area contributed by atoms with Gasteiger partial charge in [-0.3, -0.25) is 4.98 Å². The predicted molar refractivity (Wildman–Crippen MR) is 44.1 cm³/mol. The molecule has 13 heavy (non-hydrogen) atoms. The maximum absolute atomic E-state index is 10.6. The molecule has 0 aliphatic carbocycles. The van der Waals surface area contributed by atoms with Crippen LogP contribution in [-0.2, 0) is 15.1 Å². The quantitative estimate of drug-likeness (QED) is 0.681. The van der Waals surface area contributed by atoms with Crippen molar-refractivity contribution in [2.75, 3.05) is 0 Å². The lowest BCUT2D eigenvalue weighted by Crippen LogP contribution is -2.15. The third kappa shape index (κ3) is 1.19. The zero-order valence-electron chi connectivity index (χ0n) is 7.10. The molecule has 2 unspecified atom stereocenters. The summed E-state index contributed by atoms with van der Waals surface area (Å²) in [7, 11) is 0. The standard InChI is InChI=1S/C9H9NO3/c1-9(7(13-9)8(11)12)6-3-2-4-10-5-6/h2-5,7H,1H3,(H,11,12). The molecule has 0 radical (unpaired) electrons. The van der Waals surface area contributed by atoms with Gasteiger partial charge >= 0.3 is 5.97 Å². The first-order chi connectivity index (χ1) is 6.14. The number of nitrogens with zero attached hydrogens (tertiary/aromatic N) is 1. The molecule has 68 valence electrons. The molecule has 0 aromatic carbocycles. The maximum atomic E-state index is 10.6. The van der Waals surface area contributed by atoms with Gasteiger partial charge in [0.25, 0.3) is 0 Å². The summed E-state index contributed by atoms with van der Waals surface area (Å²) in [4.78, 5) is 14.5. The largest absolute Gasteiger partial charge is 0.479 e. The Kier molecular flexibility index (Phi) is 1.60. The summed E-state index contributed by atoms with van der Waals surface area (Å²) in [6.07, 6.45) is 2.55. The smallest absolute Gasteiger partial charge is 0.336 e. The molecule has 0 bridgehead atoms. The minimum Gasteiger partial charge on any atom is -0.479 e. The molecule has 1 aromatic heterocycles. The molecular weight excluding hydrogens is 170 g/mol. The third-order valence-electron chi connectivity index (χ3n) is 2.26. The Balaban J connectivity index is 2.25. The molecule has 2 heterocycles. The fourth-order valence-electron chi connectivity index (χ4n) is 1.37. The summed E-state index contributed by atoms with van der Waals surface area (Å²) in [5, 5.41) is 8.70. The zero-order valence-corrected chi connectivity index (χ0v) is 7.10. The van der Waals surface area contributed by atoms with Gasteiger partial charge in [-0.1, -0.05) is 6.07 Å². The van der Waals surface area contributed by atoms with Crippen LogP contribution in [0.3, 0.4) is 0 Å². The van der Waals surface area contributed by atoms with E-state index >= 15 is 0 Å². The van der Waals surface area contributed by atoms with Gasteiger partial charge in [0, 0.05) is 18.0 Å². The first kappa shape index (κ1) is 8.19. The summed E-state index contributed by atoms with van der Waals surface area (Å²) in [5.41, 5.74) is 0.127. The highest BCUT2D eigenvalue weighted by Crippen LogP contribution is 2.45. The summed E-state index contributed by atoms with van der Waals surface area (Å²) in [6.45, 7) is 1.75. The molecule has 1 saturated heterocycles. The lowest BCUT2D eigenvalue weighted by atomic mass is 9.99. The van der Waals surface area contributed by atoms with Gasteiger partial charge in [-0.05, 0) is 13.0 Å². The number of pyridine rings is 1. The van der Waals surface area contributed by atoms with Crippen molar-refractivity contribution >= 4 is 5.97 Å². The lowest BCUT2D eigenvalue weighted by Gasteiger charge is -2.03. The summed E-state index contributed by atoms with van der Waals surface area (Å²) in [5.74, 6) is -0.925. The number of ether oxygens (including phenoxy) is 1. The number of carbonyl (C=O) groups is 1. The van der Waals surface area contributed by atoms with E-state index < -0.39 is 17.7 Å². The van der Waals surface area contributed by atoms with Crippen molar-refractivity contribution in [3.05, 3.63) is 30.1 Å². The Morgan fingerprint density at radius 2 is 2.54 bits per heavy atom. The second-order valence-electron chi connectivity index (χ2n) is 3.18. The van der Waals surface area contributed by atoms with E-state index in [1.807, 2.05) is 6.07 Å². The molecule has 2 rings (SSSR count). The molecule has 0 saturated carbocycles. The highest BCUT2D eigenvalue weighted by Gasteiger charge is 2.58. The van der Waals surface area contributed by atoms with E-state index in [1.54, 1.807) is 25.4 Å². The number of aromatic nitrogens is 1. The SMILES string of the molecule is CC1(c2cccnc2)OC1C(=O)O. The molecule has 1 fully saturated rings. The van der Waals surface area contributed by atoms with E-state index in [2.05, 4.69) is 4.98 Å². The summed E-state index contributed by atoms with van der Waals surface area (Å²) in [6, 6.07) is 3.58.